The summed E-state index contributed by atoms with van der Waals surface area (Å²) in [5.41, 5.74) is 2.29. The van der Waals surface area contributed by atoms with Gasteiger partial charge in [-0.1, -0.05) is 0 Å². The second-order valence-corrected chi connectivity index (χ2v) is 4.13. The summed E-state index contributed by atoms with van der Waals surface area (Å²) in [6.45, 7) is 5.02. The van der Waals surface area contributed by atoms with E-state index in [2.05, 4.69) is 30.0 Å². The number of alkyl halides is 1. The molecule has 0 radical (unpaired) electrons. The average Bonchev–Trinajstić information content (AvgIpc) is 2.44. The first-order chi connectivity index (χ1) is 6.54. The molecule has 1 unspecified atom stereocenters. The van der Waals surface area contributed by atoms with E-state index >= 15 is 0 Å². The lowest BCUT2D eigenvalue weighted by Crippen LogP contribution is -2.30. The largest absolute Gasteiger partial charge is 0.297 e. The molecular formula is C10H18ClN3. The quantitative estimate of drug-likeness (QED) is 0.715. The normalized spacial score (nSPS) is 13.6. The van der Waals surface area contributed by atoms with Crippen LogP contribution in [-0.2, 0) is 13.6 Å². The van der Waals surface area contributed by atoms with Crippen molar-refractivity contribution < 1.29 is 0 Å². The second kappa shape index (κ2) is 4.80. The second-order valence-electron chi connectivity index (χ2n) is 3.82. The first-order valence-corrected chi connectivity index (χ1v) is 5.33. The minimum absolute atomic E-state index is 0.395. The highest BCUT2D eigenvalue weighted by molar-refractivity contribution is 6.18. The zero-order valence-electron chi connectivity index (χ0n) is 9.29. The van der Waals surface area contributed by atoms with E-state index in [-0.39, 0.29) is 0 Å². The summed E-state index contributed by atoms with van der Waals surface area (Å²) in [5.74, 6) is 0.660. The molecule has 0 spiro atoms. The Kier molecular flexibility index (Phi) is 3.96. The molecule has 1 rings (SSSR count). The van der Waals surface area contributed by atoms with Crippen LogP contribution in [0, 0.1) is 6.92 Å². The van der Waals surface area contributed by atoms with Crippen molar-refractivity contribution in [2.45, 2.75) is 26.4 Å². The zero-order valence-corrected chi connectivity index (χ0v) is 10.0. The molecule has 1 heterocycles. The van der Waals surface area contributed by atoms with Gasteiger partial charge in [-0.15, -0.1) is 11.6 Å². The topological polar surface area (TPSA) is 21.1 Å². The van der Waals surface area contributed by atoms with Crippen LogP contribution in [0.25, 0.3) is 0 Å². The van der Waals surface area contributed by atoms with Crippen LogP contribution in [0.2, 0.25) is 0 Å². The Hall–Kier alpha value is -0.540. The van der Waals surface area contributed by atoms with Crippen molar-refractivity contribution in [3.05, 3.63) is 17.5 Å². The number of hydrogen-bond acceptors (Lipinski definition) is 2. The summed E-state index contributed by atoms with van der Waals surface area (Å²) in [5, 5.41) is 4.31. The van der Waals surface area contributed by atoms with Gasteiger partial charge in [0.25, 0.3) is 0 Å². The summed E-state index contributed by atoms with van der Waals surface area (Å²) < 4.78 is 1.92. The number of aryl methyl sites for hydroxylation is 2. The van der Waals surface area contributed by atoms with Gasteiger partial charge in [-0.05, 0) is 27.0 Å². The maximum absolute atomic E-state index is 5.79. The predicted octanol–water partition coefficient (Wildman–Crippen LogP) is 1.79. The minimum atomic E-state index is 0.395. The molecule has 0 amide bonds. The highest BCUT2D eigenvalue weighted by Gasteiger charge is 2.10. The molecule has 0 saturated heterocycles. The van der Waals surface area contributed by atoms with E-state index in [1.54, 1.807) is 0 Å². The molecule has 1 aromatic rings. The third-order valence-electron chi connectivity index (χ3n) is 2.49. The van der Waals surface area contributed by atoms with E-state index in [9.17, 15) is 0 Å². The lowest BCUT2D eigenvalue weighted by atomic mass is 10.3. The molecule has 0 bridgehead atoms. The number of rotatable bonds is 4. The van der Waals surface area contributed by atoms with Gasteiger partial charge >= 0.3 is 0 Å². The van der Waals surface area contributed by atoms with Gasteiger partial charge in [0.1, 0.15) is 0 Å². The first-order valence-electron chi connectivity index (χ1n) is 4.80. The molecule has 3 nitrogen and oxygen atoms in total. The smallest absolute Gasteiger partial charge is 0.0597 e. The van der Waals surface area contributed by atoms with Crippen molar-refractivity contribution in [1.82, 2.24) is 14.7 Å². The number of hydrogen-bond donors (Lipinski definition) is 0. The van der Waals surface area contributed by atoms with Gasteiger partial charge in [0.15, 0.2) is 0 Å². The van der Waals surface area contributed by atoms with Crippen LogP contribution in [-0.4, -0.2) is 33.6 Å². The molecule has 80 valence electrons. The SMILES string of the molecule is Cc1cc(CN(C)C(C)CCl)n(C)n1. The van der Waals surface area contributed by atoms with Gasteiger partial charge < -0.3 is 0 Å². The van der Waals surface area contributed by atoms with Crippen LogP contribution in [0.3, 0.4) is 0 Å². The van der Waals surface area contributed by atoms with Crippen molar-refractivity contribution in [2.24, 2.45) is 7.05 Å². The van der Waals surface area contributed by atoms with Crippen molar-refractivity contribution in [3.63, 3.8) is 0 Å². The first kappa shape index (κ1) is 11.5. The zero-order chi connectivity index (χ0) is 10.7. The lowest BCUT2D eigenvalue weighted by Gasteiger charge is -2.22. The molecule has 0 aliphatic rings. The van der Waals surface area contributed by atoms with Gasteiger partial charge in [-0.25, -0.2) is 0 Å². The number of halogens is 1. The van der Waals surface area contributed by atoms with E-state index in [1.807, 2.05) is 18.7 Å². The fraction of sp³-hybridized carbons (Fsp3) is 0.700. The third kappa shape index (κ3) is 2.72. The average molecular weight is 216 g/mol. The maximum Gasteiger partial charge on any atom is 0.0597 e. The summed E-state index contributed by atoms with van der Waals surface area (Å²) in [6, 6.07) is 2.50. The molecule has 0 aliphatic carbocycles. The van der Waals surface area contributed by atoms with Crippen LogP contribution < -0.4 is 0 Å². The van der Waals surface area contributed by atoms with E-state index in [4.69, 9.17) is 11.6 Å². The molecule has 0 N–H and O–H groups in total. The monoisotopic (exact) mass is 215 g/mol. The highest BCUT2D eigenvalue weighted by atomic mass is 35.5. The fourth-order valence-corrected chi connectivity index (χ4v) is 1.58. The Labute approximate surface area is 90.7 Å². The van der Waals surface area contributed by atoms with E-state index in [0.717, 1.165) is 12.2 Å². The Morgan fingerprint density at radius 1 is 1.64 bits per heavy atom. The number of nitrogens with zero attached hydrogens (tertiary/aromatic N) is 3. The lowest BCUT2D eigenvalue weighted by molar-refractivity contribution is 0.261. The molecule has 14 heavy (non-hydrogen) atoms. The molecule has 0 fully saturated rings. The van der Waals surface area contributed by atoms with Gasteiger partial charge in [-0.2, -0.15) is 5.10 Å². The molecule has 1 atom stereocenters. The summed E-state index contributed by atoms with van der Waals surface area (Å²) in [4.78, 5) is 2.23. The Bertz CT molecular complexity index is 296. The van der Waals surface area contributed by atoms with E-state index < -0.39 is 0 Å². The molecular weight excluding hydrogens is 198 g/mol. The summed E-state index contributed by atoms with van der Waals surface area (Å²) >= 11 is 5.79. The minimum Gasteiger partial charge on any atom is -0.297 e. The summed E-state index contributed by atoms with van der Waals surface area (Å²) in [7, 11) is 4.05. The van der Waals surface area contributed by atoms with Crippen LogP contribution in [0.1, 0.15) is 18.3 Å². The maximum atomic E-state index is 5.79. The van der Waals surface area contributed by atoms with Gasteiger partial charge in [-0.3, -0.25) is 9.58 Å². The van der Waals surface area contributed by atoms with Crippen molar-refractivity contribution in [2.75, 3.05) is 12.9 Å². The van der Waals surface area contributed by atoms with Crippen molar-refractivity contribution >= 4 is 11.6 Å². The third-order valence-corrected chi connectivity index (χ3v) is 2.93. The molecule has 0 aliphatic heterocycles. The van der Waals surface area contributed by atoms with Crippen LogP contribution in [0.5, 0.6) is 0 Å². The van der Waals surface area contributed by atoms with Crippen molar-refractivity contribution in [1.29, 1.82) is 0 Å². The van der Waals surface area contributed by atoms with Gasteiger partial charge in [0.2, 0.25) is 0 Å². The van der Waals surface area contributed by atoms with Crippen LogP contribution >= 0.6 is 11.6 Å². The van der Waals surface area contributed by atoms with E-state index in [1.165, 1.54) is 5.69 Å². The summed E-state index contributed by atoms with van der Waals surface area (Å²) in [6.07, 6.45) is 0. The Morgan fingerprint density at radius 2 is 2.29 bits per heavy atom. The highest BCUT2D eigenvalue weighted by Crippen LogP contribution is 2.08. The predicted molar refractivity (Wildman–Crippen MR) is 59.6 cm³/mol. The standard InChI is InChI=1S/C10H18ClN3/c1-8-5-10(14(4)12-8)7-13(3)9(2)6-11/h5,9H,6-7H2,1-4H3. The Morgan fingerprint density at radius 3 is 2.71 bits per heavy atom. The molecule has 4 heteroatoms. The van der Waals surface area contributed by atoms with E-state index in [0.29, 0.717) is 11.9 Å². The molecule has 1 aromatic heterocycles. The Balaban J connectivity index is 2.64. The molecule has 0 aromatic carbocycles. The van der Waals surface area contributed by atoms with Crippen LogP contribution in [0.15, 0.2) is 6.07 Å². The van der Waals surface area contributed by atoms with Gasteiger partial charge in [0, 0.05) is 25.5 Å². The van der Waals surface area contributed by atoms with Crippen molar-refractivity contribution in [3.8, 4) is 0 Å². The molecule has 0 saturated carbocycles. The number of aromatic nitrogens is 2. The van der Waals surface area contributed by atoms with Gasteiger partial charge in [0.05, 0.1) is 11.4 Å². The van der Waals surface area contributed by atoms with Crippen LogP contribution in [0.4, 0.5) is 0 Å². The fourth-order valence-electron chi connectivity index (χ4n) is 1.34.